The van der Waals surface area contributed by atoms with Gasteiger partial charge in [-0.1, -0.05) is 73.5 Å². The van der Waals surface area contributed by atoms with E-state index in [1.807, 2.05) is 6.07 Å². The molecule has 0 saturated carbocycles. The second-order valence-electron chi connectivity index (χ2n) is 5.77. The van der Waals surface area contributed by atoms with E-state index in [1.54, 1.807) is 0 Å². The van der Waals surface area contributed by atoms with E-state index < -0.39 is 0 Å². The molecule has 0 aliphatic heterocycles. The lowest BCUT2D eigenvalue weighted by atomic mass is 10.1. The minimum Gasteiger partial charge on any atom is -0.356 e. The van der Waals surface area contributed by atoms with Crippen LogP contribution < -0.4 is 10.6 Å². The molecule has 3 nitrogen and oxygen atoms in total. The summed E-state index contributed by atoms with van der Waals surface area (Å²) in [6.07, 6.45) is 2.33. The Morgan fingerprint density at radius 1 is 0.913 bits per heavy atom. The summed E-state index contributed by atoms with van der Waals surface area (Å²) in [5.41, 5.74) is 3.77. The first-order valence-corrected chi connectivity index (χ1v) is 8.39. The van der Waals surface area contributed by atoms with Crippen LogP contribution in [-0.4, -0.2) is 12.5 Å². The molecule has 0 spiro atoms. The molecule has 23 heavy (non-hydrogen) atoms. The molecule has 0 unspecified atom stereocenters. The van der Waals surface area contributed by atoms with Crippen molar-refractivity contribution in [2.45, 2.75) is 39.8 Å². The Kier molecular flexibility index (Phi) is 7.18. The summed E-state index contributed by atoms with van der Waals surface area (Å²) in [5.74, 6) is 0.878. The van der Waals surface area contributed by atoms with E-state index in [1.165, 1.54) is 23.1 Å². The highest BCUT2D eigenvalue weighted by molar-refractivity contribution is 5.79. The Balaban J connectivity index is 1.93. The van der Waals surface area contributed by atoms with Crippen LogP contribution in [0.15, 0.2) is 59.6 Å². The zero-order chi connectivity index (χ0) is 16.3. The molecule has 0 radical (unpaired) electrons. The second kappa shape index (κ2) is 9.67. The Hall–Kier alpha value is -2.29. The van der Waals surface area contributed by atoms with Gasteiger partial charge in [-0.3, -0.25) is 0 Å². The maximum Gasteiger partial charge on any atom is 0.191 e. The fourth-order valence-corrected chi connectivity index (χ4v) is 2.20. The molecule has 3 heteroatoms. The van der Waals surface area contributed by atoms with Gasteiger partial charge in [0.2, 0.25) is 0 Å². The highest BCUT2D eigenvalue weighted by Gasteiger charge is 1.99. The van der Waals surface area contributed by atoms with Crippen LogP contribution >= 0.6 is 0 Å². The lowest BCUT2D eigenvalue weighted by molar-refractivity contribution is 0.724. The first kappa shape index (κ1) is 17.1. The van der Waals surface area contributed by atoms with Gasteiger partial charge in [0, 0.05) is 13.1 Å². The Morgan fingerprint density at radius 2 is 1.65 bits per heavy atom. The third-order valence-corrected chi connectivity index (χ3v) is 3.67. The van der Waals surface area contributed by atoms with Crippen LogP contribution in [0.5, 0.6) is 0 Å². The van der Waals surface area contributed by atoms with Crippen LogP contribution in [0.2, 0.25) is 0 Å². The molecule has 0 heterocycles. The summed E-state index contributed by atoms with van der Waals surface area (Å²) >= 11 is 0. The quantitative estimate of drug-likeness (QED) is 0.460. The third kappa shape index (κ3) is 6.55. The SMILES string of the molecule is CCCCNC(=NCc1ccccc1)NCc1ccc(C)cc1. The van der Waals surface area contributed by atoms with Crippen molar-refractivity contribution >= 4 is 5.96 Å². The van der Waals surface area contributed by atoms with Gasteiger partial charge >= 0.3 is 0 Å². The van der Waals surface area contributed by atoms with Crippen molar-refractivity contribution in [2.24, 2.45) is 4.99 Å². The van der Waals surface area contributed by atoms with Gasteiger partial charge in [-0.15, -0.1) is 0 Å². The number of rotatable bonds is 7. The summed E-state index contributed by atoms with van der Waals surface area (Å²) in [6, 6.07) is 18.9. The molecule has 0 fully saturated rings. The van der Waals surface area contributed by atoms with Crippen molar-refractivity contribution in [1.82, 2.24) is 10.6 Å². The highest BCUT2D eigenvalue weighted by atomic mass is 15.2. The number of hydrogen-bond acceptors (Lipinski definition) is 1. The minimum atomic E-state index is 0.691. The Labute approximate surface area is 139 Å². The van der Waals surface area contributed by atoms with Gasteiger partial charge in [-0.2, -0.15) is 0 Å². The monoisotopic (exact) mass is 309 g/mol. The molecule has 0 amide bonds. The molecular weight excluding hydrogens is 282 g/mol. The van der Waals surface area contributed by atoms with Gasteiger partial charge in [0.1, 0.15) is 0 Å². The van der Waals surface area contributed by atoms with Crippen LogP contribution in [0.3, 0.4) is 0 Å². The van der Waals surface area contributed by atoms with Crippen molar-refractivity contribution in [1.29, 1.82) is 0 Å². The maximum absolute atomic E-state index is 4.69. The van der Waals surface area contributed by atoms with Crippen LogP contribution in [0.4, 0.5) is 0 Å². The van der Waals surface area contributed by atoms with E-state index >= 15 is 0 Å². The highest BCUT2D eigenvalue weighted by Crippen LogP contribution is 2.03. The third-order valence-electron chi connectivity index (χ3n) is 3.67. The zero-order valence-electron chi connectivity index (χ0n) is 14.2. The number of aliphatic imine (C=N–C) groups is 1. The van der Waals surface area contributed by atoms with Crippen molar-refractivity contribution in [3.05, 3.63) is 71.3 Å². The molecule has 2 rings (SSSR count). The summed E-state index contributed by atoms with van der Waals surface area (Å²) in [7, 11) is 0. The number of hydrogen-bond donors (Lipinski definition) is 2. The zero-order valence-corrected chi connectivity index (χ0v) is 14.2. The Bertz CT molecular complexity index is 588. The number of benzene rings is 2. The van der Waals surface area contributed by atoms with Gasteiger partial charge < -0.3 is 10.6 Å². The molecule has 0 saturated heterocycles. The Morgan fingerprint density at radius 3 is 2.35 bits per heavy atom. The van der Waals surface area contributed by atoms with E-state index in [9.17, 15) is 0 Å². The van der Waals surface area contributed by atoms with Gasteiger partial charge in [0.15, 0.2) is 5.96 Å². The number of nitrogens with zero attached hydrogens (tertiary/aromatic N) is 1. The summed E-state index contributed by atoms with van der Waals surface area (Å²) < 4.78 is 0. The average molecular weight is 309 g/mol. The fraction of sp³-hybridized carbons (Fsp3) is 0.350. The van der Waals surface area contributed by atoms with Gasteiger partial charge in [0.05, 0.1) is 6.54 Å². The van der Waals surface area contributed by atoms with Crippen LogP contribution in [0.1, 0.15) is 36.5 Å². The van der Waals surface area contributed by atoms with Crippen LogP contribution in [-0.2, 0) is 13.1 Å². The van der Waals surface area contributed by atoms with Crippen molar-refractivity contribution < 1.29 is 0 Å². The molecule has 0 bridgehead atoms. The second-order valence-corrected chi connectivity index (χ2v) is 5.77. The van der Waals surface area contributed by atoms with Gasteiger partial charge in [-0.25, -0.2) is 4.99 Å². The molecule has 0 atom stereocenters. The topological polar surface area (TPSA) is 36.4 Å². The maximum atomic E-state index is 4.69. The predicted molar refractivity (Wildman–Crippen MR) is 98.5 cm³/mol. The molecule has 0 aliphatic rings. The van der Waals surface area contributed by atoms with Crippen molar-refractivity contribution in [3.63, 3.8) is 0 Å². The largest absolute Gasteiger partial charge is 0.356 e. The number of aryl methyl sites for hydroxylation is 1. The summed E-state index contributed by atoms with van der Waals surface area (Å²) in [5, 5.41) is 6.83. The minimum absolute atomic E-state index is 0.691. The lowest BCUT2D eigenvalue weighted by Crippen LogP contribution is -2.37. The van der Waals surface area contributed by atoms with E-state index in [4.69, 9.17) is 4.99 Å². The summed E-state index contributed by atoms with van der Waals surface area (Å²) in [4.78, 5) is 4.69. The predicted octanol–water partition coefficient (Wildman–Crippen LogP) is 4.03. The first-order chi connectivity index (χ1) is 11.3. The fourth-order valence-electron chi connectivity index (χ4n) is 2.20. The van der Waals surface area contributed by atoms with Crippen molar-refractivity contribution in [3.8, 4) is 0 Å². The molecule has 2 N–H and O–H groups in total. The van der Waals surface area contributed by atoms with E-state index in [0.29, 0.717) is 6.54 Å². The average Bonchev–Trinajstić information content (AvgIpc) is 2.59. The van der Waals surface area contributed by atoms with Crippen LogP contribution in [0, 0.1) is 6.92 Å². The standard InChI is InChI=1S/C20H27N3/c1-3-4-14-21-20(22-15-18-8-6-5-7-9-18)23-16-19-12-10-17(2)11-13-19/h5-13H,3-4,14-16H2,1-2H3,(H2,21,22,23). The van der Waals surface area contributed by atoms with Crippen molar-refractivity contribution in [2.75, 3.05) is 6.54 Å². The molecule has 0 aromatic heterocycles. The van der Waals surface area contributed by atoms with E-state index in [2.05, 4.69) is 73.0 Å². The molecule has 122 valence electrons. The van der Waals surface area contributed by atoms with Crippen LogP contribution in [0.25, 0.3) is 0 Å². The van der Waals surface area contributed by atoms with Gasteiger partial charge in [-0.05, 0) is 24.5 Å². The number of guanidine groups is 1. The molecule has 2 aromatic carbocycles. The van der Waals surface area contributed by atoms with E-state index in [0.717, 1.165) is 25.5 Å². The lowest BCUT2D eigenvalue weighted by Gasteiger charge is -2.13. The molecule has 0 aliphatic carbocycles. The summed E-state index contributed by atoms with van der Waals surface area (Å²) in [6.45, 7) is 6.73. The smallest absolute Gasteiger partial charge is 0.191 e. The normalized spacial score (nSPS) is 11.3. The van der Waals surface area contributed by atoms with E-state index in [-0.39, 0.29) is 0 Å². The van der Waals surface area contributed by atoms with Gasteiger partial charge in [0.25, 0.3) is 0 Å². The first-order valence-electron chi connectivity index (χ1n) is 8.39. The number of nitrogens with one attached hydrogen (secondary N) is 2. The molecule has 2 aromatic rings. The number of unbranched alkanes of at least 4 members (excludes halogenated alkanes) is 1. The molecular formula is C20H27N3.